The van der Waals surface area contributed by atoms with Crippen molar-refractivity contribution in [1.82, 2.24) is 9.97 Å². The van der Waals surface area contributed by atoms with Gasteiger partial charge in [0.05, 0.1) is 22.6 Å². The normalized spacial score (nSPS) is 11.2. The number of hydrogen-bond acceptors (Lipinski definition) is 6. The predicted octanol–water partition coefficient (Wildman–Crippen LogP) is 3.75. The maximum atomic E-state index is 12.7. The van der Waals surface area contributed by atoms with E-state index in [-0.39, 0.29) is 4.90 Å². The van der Waals surface area contributed by atoms with E-state index in [1.165, 1.54) is 25.2 Å². The lowest BCUT2D eigenvalue weighted by Crippen LogP contribution is -2.13. The molecule has 0 spiro atoms. The summed E-state index contributed by atoms with van der Waals surface area (Å²) in [4.78, 5) is 9.68. The summed E-state index contributed by atoms with van der Waals surface area (Å²) in [6.07, 6.45) is 3.02. The Labute approximate surface area is 156 Å². The van der Waals surface area contributed by atoms with Crippen LogP contribution in [0, 0.1) is 6.92 Å². The number of ether oxygens (including phenoxy) is 1. The molecule has 0 unspecified atom stereocenters. The minimum Gasteiger partial charge on any atom is -0.480 e. The van der Waals surface area contributed by atoms with Crippen LogP contribution in [0.2, 0.25) is 0 Å². The van der Waals surface area contributed by atoms with Gasteiger partial charge in [-0.3, -0.25) is 4.72 Å². The number of aromatic nitrogens is 2. The average Bonchev–Trinajstić information content (AvgIpc) is 2.64. The fourth-order valence-electron chi connectivity index (χ4n) is 2.21. The van der Waals surface area contributed by atoms with Crippen molar-refractivity contribution in [1.29, 1.82) is 0 Å². The van der Waals surface area contributed by atoms with Crippen molar-refractivity contribution in [3.63, 3.8) is 0 Å². The van der Waals surface area contributed by atoms with Crippen LogP contribution in [-0.4, -0.2) is 25.5 Å². The Balaban J connectivity index is 1.91. The molecule has 0 aliphatic rings. The van der Waals surface area contributed by atoms with E-state index in [0.29, 0.717) is 16.5 Å². The number of anilines is 1. The van der Waals surface area contributed by atoms with E-state index in [0.717, 1.165) is 10.5 Å². The second kappa shape index (κ2) is 7.76. The van der Waals surface area contributed by atoms with Gasteiger partial charge in [0.15, 0.2) is 0 Å². The Morgan fingerprint density at radius 2 is 1.77 bits per heavy atom. The van der Waals surface area contributed by atoms with Crippen LogP contribution < -0.4 is 9.46 Å². The molecule has 1 aromatic heterocycles. The molecule has 2 aromatic carbocycles. The molecule has 0 atom stereocenters. The van der Waals surface area contributed by atoms with Crippen LogP contribution in [0.1, 0.15) is 5.56 Å². The maximum Gasteiger partial charge on any atom is 0.261 e. The molecule has 0 bridgehead atoms. The van der Waals surface area contributed by atoms with Gasteiger partial charge in [-0.1, -0.05) is 41.6 Å². The summed E-state index contributed by atoms with van der Waals surface area (Å²) in [5.41, 5.74) is 1.47. The highest BCUT2D eigenvalue weighted by molar-refractivity contribution is 7.99. The minimum absolute atomic E-state index is 0.212. The van der Waals surface area contributed by atoms with Gasteiger partial charge >= 0.3 is 0 Å². The summed E-state index contributed by atoms with van der Waals surface area (Å²) in [7, 11) is -2.16. The van der Waals surface area contributed by atoms with Gasteiger partial charge in [0.25, 0.3) is 10.0 Å². The largest absolute Gasteiger partial charge is 0.480 e. The van der Waals surface area contributed by atoms with Crippen LogP contribution in [0.5, 0.6) is 5.88 Å². The molecular formula is C18H17N3O3S2. The highest BCUT2D eigenvalue weighted by Gasteiger charge is 2.17. The zero-order chi connectivity index (χ0) is 18.6. The number of hydrogen-bond donors (Lipinski definition) is 1. The zero-order valence-electron chi connectivity index (χ0n) is 14.2. The standard InChI is InChI=1S/C18H17N3O3S2/c1-13-7-9-14(10-8-13)26(22,23)21-15-5-3-4-6-16(15)25-17-11-19-12-20-18(17)24-2/h3-12,21H,1-2H3. The molecule has 0 saturated heterocycles. The van der Waals surface area contributed by atoms with E-state index in [4.69, 9.17) is 4.74 Å². The molecule has 26 heavy (non-hydrogen) atoms. The molecule has 0 saturated carbocycles. The van der Waals surface area contributed by atoms with Crippen molar-refractivity contribution in [2.75, 3.05) is 11.8 Å². The Morgan fingerprint density at radius 3 is 2.50 bits per heavy atom. The monoisotopic (exact) mass is 387 g/mol. The first-order valence-corrected chi connectivity index (χ1v) is 10.00. The van der Waals surface area contributed by atoms with Gasteiger partial charge in [0, 0.05) is 11.1 Å². The van der Waals surface area contributed by atoms with Gasteiger partial charge in [-0.25, -0.2) is 18.4 Å². The number of aryl methyl sites for hydroxylation is 1. The maximum absolute atomic E-state index is 12.7. The van der Waals surface area contributed by atoms with Crippen LogP contribution in [0.3, 0.4) is 0 Å². The molecule has 134 valence electrons. The lowest BCUT2D eigenvalue weighted by atomic mass is 10.2. The number of sulfonamides is 1. The van der Waals surface area contributed by atoms with E-state index in [9.17, 15) is 8.42 Å². The summed E-state index contributed by atoms with van der Waals surface area (Å²) in [5, 5.41) is 0. The topological polar surface area (TPSA) is 81.2 Å². The van der Waals surface area contributed by atoms with Crippen LogP contribution in [-0.2, 0) is 10.0 Å². The number of methoxy groups -OCH3 is 1. The van der Waals surface area contributed by atoms with Crippen molar-refractivity contribution < 1.29 is 13.2 Å². The third-order valence-corrected chi connectivity index (χ3v) is 5.98. The van der Waals surface area contributed by atoms with E-state index in [2.05, 4.69) is 14.7 Å². The lowest BCUT2D eigenvalue weighted by molar-refractivity contribution is 0.385. The van der Waals surface area contributed by atoms with Gasteiger partial charge in [-0.15, -0.1) is 0 Å². The third kappa shape index (κ3) is 4.14. The highest BCUT2D eigenvalue weighted by atomic mass is 32.2. The summed E-state index contributed by atoms with van der Waals surface area (Å²) in [5.74, 6) is 0.432. The number of para-hydroxylation sites is 1. The fraction of sp³-hybridized carbons (Fsp3) is 0.111. The molecule has 3 rings (SSSR count). The van der Waals surface area contributed by atoms with Gasteiger partial charge in [0.1, 0.15) is 6.33 Å². The van der Waals surface area contributed by atoms with Crippen molar-refractivity contribution in [2.24, 2.45) is 0 Å². The Kier molecular flexibility index (Phi) is 5.43. The summed E-state index contributed by atoms with van der Waals surface area (Å²) in [6, 6.07) is 13.8. The second-order valence-electron chi connectivity index (χ2n) is 5.41. The summed E-state index contributed by atoms with van der Waals surface area (Å²) in [6.45, 7) is 1.91. The molecule has 3 aromatic rings. The molecule has 1 N–H and O–H groups in total. The van der Waals surface area contributed by atoms with Gasteiger partial charge < -0.3 is 4.74 Å². The smallest absolute Gasteiger partial charge is 0.261 e. The fourth-order valence-corrected chi connectivity index (χ4v) is 4.30. The minimum atomic E-state index is -3.69. The first-order valence-electron chi connectivity index (χ1n) is 7.70. The van der Waals surface area contributed by atoms with Crippen molar-refractivity contribution in [2.45, 2.75) is 21.6 Å². The van der Waals surface area contributed by atoms with Gasteiger partial charge in [-0.2, -0.15) is 0 Å². The SMILES string of the molecule is COc1ncncc1Sc1ccccc1NS(=O)(=O)c1ccc(C)cc1. The van der Waals surface area contributed by atoms with E-state index in [1.807, 2.05) is 19.1 Å². The quantitative estimate of drug-likeness (QED) is 0.694. The van der Waals surface area contributed by atoms with Crippen molar-refractivity contribution in [3.8, 4) is 5.88 Å². The Hall–Kier alpha value is -2.58. The molecule has 0 fully saturated rings. The number of benzene rings is 2. The zero-order valence-corrected chi connectivity index (χ0v) is 15.8. The van der Waals surface area contributed by atoms with E-state index < -0.39 is 10.0 Å². The van der Waals surface area contributed by atoms with Crippen molar-refractivity contribution >= 4 is 27.5 Å². The van der Waals surface area contributed by atoms with Crippen molar-refractivity contribution in [3.05, 3.63) is 66.6 Å². The van der Waals surface area contributed by atoms with Gasteiger partial charge in [-0.05, 0) is 31.2 Å². The molecule has 0 amide bonds. The molecule has 0 aliphatic heterocycles. The molecule has 0 radical (unpaired) electrons. The number of nitrogens with zero attached hydrogens (tertiary/aromatic N) is 2. The molecule has 8 heteroatoms. The molecule has 6 nitrogen and oxygen atoms in total. The van der Waals surface area contributed by atoms with Crippen LogP contribution in [0.15, 0.2) is 75.7 Å². The van der Waals surface area contributed by atoms with Gasteiger partial charge in [0.2, 0.25) is 5.88 Å². The lowest BCUT2D eigenvalue weighted by Gasteiger charge is -2.13. The predicted molar refractivity (Wildman–Crippen MR) is 101 cm³/mol. The van der Waals surface area contributed by atoms with Crippen LogP contribution >= 0.6 is 11.8 Å². The molecule has 1 heterocycles. The number of rotatable bonds is 6. The highest BCUT2D eigenvalue weighted by Crippen LogP contribution is 2.37. The molecule has 0 aliphatic carbocycles. The van der Waals surface area contributed by atoms with Crippen LogP contribution in [0.25, 0.3) is 0 Å². The third-order valence-electron chi connectivity index (χ3n) is 3.52. The summed E-state index contributed by atoms with van der Waals surface area (Å²) >= 11 is 1.33. The summed E-state index contributed by atoms with van der Waals surface area (Å²) < 4.78 is 33.2. The molecular weight excluding hydrogens is 370 g/mol. The van der Waals surface area contributed by atoms with E-state index in [1.54, 1.807) is 42.6 Å². The average molecular weight is 387 g/mol. The van der Waals surface area contributed by atoms with Crippen LogP contribution in [0.4, 0.5) is 5.69 Å². The first-order chi connectivity index (χ1) is 12.5. The Bertz CT molecular complexity index is 1010. The number of nitrogens with one attached hydrogen (secondary N) is 1. The second-order valence-corrected chi connectivity index (χ2v) is 8.18. The van der Waals surface area contributed by atoms with E-state index >= 15 is 0 Å². The Morgan fingerprint density at radius 1 is 1.04 bits per heavy atom. The first kappa shape index (κ1) is 18.2.